The van der Waals surface area contributed by atoms with Crippen molar-refractivity contribution in [2.24, 2.45) is 5.73 Å². The molecule has 7 heteroatoms. The van der Waals surface area contributed by atoms with Crippen LogP contribution in [0.15, 0.2) is 71.3 Å². The monoisotopic (exact) mass is 531 g/mol. The number of ketones is 1. The van der Waals surface area contributed by atoms with Crippen LogP contribution < -0.4 is 10.5 Å². The number of rotatable bonds is 5. The molecule has 1 heterocycles. The molecule has 0 bridgehead atoms. The van der Waals surface area contributed by atoms with Crippen LogP contribution in [-0.2, 0) is 25.7 Å². The van der Waals surface area contributed by atoms with E-state index in [9.17, 15) is 9.59 Å². The highest BCUT2D eigenvalue weighted by Crippen LogP contribution is 2.44. The molecule has 1 atom stereocenters. The first kappa shape index (κ1) is 21.4. The Morgan fingerprint density at radius 1 is 1.13 bits per heavy atom. The molecule has 6 nitrogen and oxygen atoms in total. The number of methoxy groups -OCH3 is 1. The molecule has 0 saturated carbocycles. The van der Waals surface area contributed by atoms with Gasteiger partial charge in [-0.05, 0) is 64.4 Å². The molecule has 2 N–H and O–H groups in total. The number of hydrogen-bond acceptors (Lipinski definition) is 6. The normalized spacial score (nSPS) is 18.4. The maximum Gasteiger partial charge on any atom is 0.340 e. The standard InChI is InChI=1S/C24H22INO5/c1-29-24(28)22-20(21-18(27)3-2-4-19(21)31-23(22)26)15-7-11-17(12-8-15)30-13-14-5-9-16(25)10-6-14/h5-12,20H,2-4,13,26H2,1H3/t20-/m1/s1. The smallest absolute Gasteiger partial charge is 0.340 e. The second-order valence-corrected chi connectivity index (χ2v) is 8.65. The lowest BCUT2D eigenvalue weighted by molar-refractivity contribution is -0.136. The summed E-state index contributed by atoms with van der Waals surface area (Å²) < 4.78 is 17.6. The van der Waals surface area contributed by atoms with E-state index in [1.807, 2.05) is 48.5 Å². The number of nitrogens with two attached hydrogens (primary N) is 1. The van der Waals surface area contributed by atoms with Crippen LogP contribution in [0, 0.1) is 3.57 Å². The van der Waals surface area contributed by atoms with Crippen LogP contribution in [0.2, 0.25) is 0 Å². The van der Waals surface area contributed by atoms with E-state index in [1.165, 1.54) is 10.7 Å². The van der Waals surface area contributed by atoms with E-state index in [-0.39, 0.29) is 17.2 Å². The van der Waals surface area contributed by atoms with Crippen LogP contribution in [-0.4, -0.2) is 18.9 Å². The number of carbonyl (C=O) groups excluding carboxylic acids is 2. The van der Waals surface area contributed by atoms with Crippen LogP contribution in [0.25, 0.3) is 0 Å². The molecule has 0 radical (unpaired) electrons. The van der Waals surface area contributed by atoms with Crippen molar-refractivity contribution >= 4 is 34.3 Å². The van der Waals surface area contributed by atoms with Gasteiger partial charge in [0.1, 0.15) is 23.7 Å². The molecule has 2 aromatic carbocycles. The van der Waals surface area contributed by atoms with Gasteiger partial charge in [0.15, 0.2) is 5.78 Å². The number of carbonyl (C=O) groups is 2. The van der Waals surface area contributed by atoms with Gasteiger partial charge < -0.3 is 19.9 Å². The number of hydrogen-bond donors (Lipinski definition) is 1. The predicted molar refractivity (Wildman–Crippen MR) is 123 cm³/mol. The van der Waals surface area contributed by atoms with Gasteiger partial charge in [-0.1, -0.05) is 24.3 Å². The Morgan fingerprint density at radius 3 is 2.52 bits per heavy atom. The van der Waals surface area contributed by atoms with Gasteiger partial charge in [0.2, 0.25) is 5.88 Å². The van der Waals surface area contributed by atoms with Crippen molar-refractivity contribution in [2.45, 2.75) is 31.8 Å². The molecular weight excluding hydrogens is 509 g/mol. The van der Waals surface area contributed by atoms with Crippen molar-refractivity contribution in [1.82, 2.24) is 0 Å². The Hall–Kier alpha value is -2.81. The van der Waals surface area contributed by atoms with Crippen LogP contribution in [0.4, 0.5) is 0 Å². The topological polar surface area (TPSA) is 87.9 Å². The van der Waals surface area contributed by atoms with Gasteiger partial charge in [0.25, 0.3) is 0 Å². The molecule has 1 aliphatic carbocycles. The minimum absolute atomic E-state index is 0.00987. The molecule has 2 aromatic rings. The second kappa shape index (κ2) is 9.13. The van der Waals surface area contributed by atoms with E-state index in [2.05, 4.69) is 22.6 Å². The lowest BCUT2D eigenvalue weighted by atomic mass is 9.77. The summed E-state index contributed by atoms with van der Waals surface area (Å²) in [4.78, 5) is 25.2. The summed E-state index contributed by atoms with van der Waals surface area (Å²) in [6.45, 7) is 0.446. The number of allylic oxidation sites excluding steroid dienone is 2. The first-order valence-electron chi connectivity index (χ1n) is 9.97. The zero-order valence-electron chi connectivity index (χ0n) is 17.0. The first-order valence-corrected chi connectivity index (χ1v) is 11.0. The van der Waals surface area contributed by atoms with Crippen LogP contribution >= 0.6 is 22.6 Å². The predicted octanol–water partition coefficient (Wildman–Crippen LogP) is 4.33. The zero-order valence-corrected chi connectivity index (χ0v) is 19.2. The largest absolute Gasteiger partial charge is 0.489 e. The average Bonchev–Trinajstić information content (AvgIpc) is 2.78. The minimum atomic E-state index is -0.616. The molecule has 0 aromatic heterocycles. The van der Waals surface area contributed by atoms with Crippen molar-refractivity contribution in [1.29, 1.82) is 0 Å². The molecular formula is C24H22INO5. The summed E-state index contributed by atoms with van der Waals surface area (Å²) in [5.74, 6) is -0.0234. The maximum atomic E-state index is 12.7. The molecule has 0 fully saturated rings. The van der Waals surface area contributed by atoms with Gasteiger partial charge in [-0.3, -0.25) is 4.79 Å². The van der Waals surface area contributed by atoms with E-state index in [1.54, 1.807) is 0 Å². The van der Waals surface area contributed by atoms with Crippen LogP contribution in [0.3, 0.4) is 0 Å². The number of esters is 1. The highest BCUT2D eigenvalue weighted by molar-refractivity contribution is 14.1. The van der Waals surface area contributed by atoms with Gasteiger partial charge in [0, 0.05) is 22.0 Å². The van der Waals surface area contributed by atoms with Gasteiger partial charge in [-0.25, -0.2) is 4.79 Å². The molecule has 0 unspecified atom stereocenters. The van der Waals surface area contributed by atoms with E-state index >= 15 is 0 Å². The molecule has 4 rings (SSSR count). The van der Waals surface area contributed by atoms with E-state index in [4.69, 9.17) is 19.9 Å². The minimum Gasteiger partial charge on any atom is -0.489 e. The van der Waals surface area contributed by atoms with Crippen LogP contribution in [0.1, 0.15) is 36.3 Å². The number of Topliss-reactive ketones (excluding diaryl/α,β-unsaturated/α-hetero) is 1. The Bertz CT molecular complexity index is 1070. The lowest BCUT2D eigenvalue weighted by Crippen LogP contribution is -2.31. The Kier molecular flexibility index (Phi) is 6.31. The van der Waals surface area contributed by atoms with Gasteiger partial charge in [-0.2, -0.15) is 0 Å². The number of halogens is 1. The number of benzene rings is 2. The lowest BCUT2D eigenvalue weighted by Gasteiger charge is -2.32. The summed E-state index contributed by atoms with van der Waals surface area (Å²) in [7, 11) is 1.29. The Labute approximate surface area is 194 Å². The molecule has 160 valence electrons. The first-order chi connectivity index (χ1) is 15.0. The van der Waals surface area contributed by atoms with E-state index in [0.29, 0.717) is 43.0 Å². The summed E-state index contributed by atoms with van der Waals surface area (Å²) in [5, 5.41) is 0. The summed E-state index contributed by atoms with van der Waals surface area (Å²) in [6, 6.07) is 15.5. The summed E-state index contributed by atoms with van der Waals surface area (Å²) >= 11 is 2.26. The third-order valence-electron chi connectivity index (χ3n) is 5.42. The van der Waals surface area contributed by atoms with Gasteiger partial charge in [0.05, 0.1) is 13.0 Å². The zero-order chi connectivity index (χ0) is 22.0. The quantitative estimate of drug-likeness (QED) is 0.457. The summed E-state index contributed by atoms with van der Waals surface area (Å²) in [5.41, 5.74) is 8.55. The van der Waals surface area contributed by atoms with Gasteiger partial charge in [-0.15, -0.1) is 0 Å². The molecule has 1 aliphatic heterocycles. The fourth-order valence-corrected chi connectivity index (χ4v) is 4.26. The van der Waals surface area contributed by atoms with Gasteiger partial charge >= 0.3 is 5.97 Å². The van der Waals surface area contributed by atoms with Crippen molar-refractivity contribution in [3.8, 4) is 5.75 Å². The second-order valence-electron chi connectivity index (χ2n) is 7.40. The fraction of sp³-hybridized carbons (Fsp3) is 0.250. The highest BCUT2D eigenvalue weighted by Gasteiger charge is 2.41. The molecule has 2 aliphatic rings. The van der Waals surface area contributed by atoms with Crippen molar-refractivity contribution in [2.75, 3.05) is 7.11 Å². The van der Waals surface area contributed by atoms with E-state index in [0.717, 1.165) is 11.1 Å². The fourth-order valence-electron chi connectivity index (χ4n) is 3.90. The van der Waals surface area contributed by atoms with Crippen molar-refractivity contribution in [3.63, 3.8) is 0 Å². The third-order valence-corrected chi connectivity index (χ3v) is 6.14. The average molecular weight is 531 g/mol. The summed E-state index contributed by atoms with van der Waals surface area (Å²) in [6.07, 6.45) is 1.74. The molecule has 0 spiro atoms. The number of ether oxygens (including phenoxy) is 3. The maximum absolute atomic E-state index is 12.7. The Balaban J connectivity index is 1.62. The molecule has 31 heavy (non-hydrogen) atoms. The SMILES string of the molecule is COC(=O)C1=C(N)OC2=C(C(=O)CCC2)[C@H]1c1ccc(OCc2ccc(I)cc2)cc1. The molecule has 0 amide bonds. The highest BCUT2D eigenvalue weighted by atomic mass is 127. The van der Waals surface area contributed by atoms with E-state index < -0.39 is 11.9 Å². The van der Waals surface area contributed by atoms with Crippen LogP contribution in [0.5, 0.6) is 5.75 Å². The van der Waals surface area contributed by atoms with Crippen molar-refractivity contribution < 1.29 is 23.8 Å². The third kappa shape index (κ3) is 4.46. The van der Waals surface area contributed by atoms with Crippen molar-refractivity contribution in [3.05, 3.63) is 86.0 Å². The Morgan fingerprint density at radius 2 is 1.84 bits per heavy atom. The molecule has 0 saturated heterocycles.